The zero-order valence-electron chi connectivity index (χ0n) is 21.6. The second-order valence-electron chi connectivity index (χ2n) is 8.97. The number of hydrogen-bond acceptors (Lipinski definition) is 4. The monoisotopic (exact) mass is 477 g/mol. The third-order valence-electron chi connectivity index (χ3n) is 6.51. The van der Waals surface area contributed by atoms with Gasteiger partial charge in [-0.3, -0.25) is 14.2 Å². The molecule has 2 aromatic carbocycles. The Labute approximate surface area is 208 Å². The number of methoxy groups -OCH3 is 1. The minimum atomic E-state index is -0.316. The van der Waals surface area contributed by atoms with Crippen LogP contribution in [0.2, 0.25) is 0 Å². The number of carbonyl (C=O) groups excluding carboxylic acids is 1. The molecule has 1 unspecified atom stereocenters. The SMILES string of the molecule is CCCCCCN(C(=O)CCCC)C(CC)c1nc2ccccc2c(=O)n1-c1ccccc1OC. The minimum absolute atomic E-state index is 0.129. The molecule has 1 atom stereocenters. The summed E-state index contributed by atoms with van der Waals surface area (Å²) in [4.78, 5) is 34.3. The van der Waals surface area contributed by atoms with Gasteiger partial charge in [0.25, 0.3) is 5.56 Å². The van der Waals surface area contributed by atoms with Gasteiger partial charge in [-0.25, -0.2) is 4.98 Å². The molecule has 0 radical (unpaired) electrons. The molecule has 0 aliphatic rings. The molecule has 0 spiro atoms. The van der Waals surface area contributed by atoms with E-state index >= 15 is 0 Å². The quantitative estimate of drug-likeness (QED) is 0.266. The van der Waals surface area contributed by atoms with Crippen LogP contribution in [-0.2, 0) is 4.79 Å². The zero-order chi connectivity index (χ0) is 25.2. The molecule has 0 fully saturated rings. The van der Waals surface area contributed by atoms with Crippen molar-refractivity contribution in [3.8, 4) is 11.4 Å². The van der Waals surface area contributed by atoms with Crippen LogP contribution in [0.25, 0.3) is 16.6 Å². The minimum Gasteiger partial charge on any atom is -0.495 e. The van der Waals surface area contributed by atoms with E-state index in [9.17, 15) is 9.59 Å². The first-order valence-electron chi connectivity index (χ1n) is 13.0. The van der Waals surface area contributed by atoms with Crippen LogP contribution in [0.15, 0.2) is 53.3 Å². The summed E-state index contributed by atoms with van der Waals surface area (Å²) in [5.74, 6) is 1.31. The van der Waals surface area contributed by atoms with Gasteiger partial charge in [-0.05, 0) is 43.5 Å². The number of rotatable bonds is 13. The van der Waals surface area contributed by atoms with Crippen molar-refractivity contribution < 1.29 is 9.53 Å². The molecule has 1 heterocycles. The Balaban J connectivity index is 2.21. The van der Waals surface area contributed by atoms with Crippen LogP contribution in [0.1, 0.15) is 84.0 Å². The highest BCUT2D eigenvalue weighted by molar-refractivity contribution is 5.79. The number of aromatic nitrogens is 2. The molecule has 0 aliphatic carbocycles. The Kier molecular flexibility index (Phi) is 9.88. The van der Waals surface area contributed by atoms with Gasteiger partial charge in [0.1, 0.15) is 11.6 Å². The number of ether oxygens (including phenoxy) is 1. The lowest BCUT2D eigenvalue weighted by atomic mass is 10.1. The average molecular weight is 478 g/mol. The fraction of sp³-hybridized carbons (Fsp3) is 0.483. The molecule has 3 rings (SSSR count). The molecular weight excluding hydrogens is 438 g/mol. The molecule has 3 aromatic rings. The number of benzene rings is 2. The maximum Gasteiger partial charge on any atom is 0.266 e. The van der Waals surface area contributed by atoms with Crippen molar-refractivity contribution >= 4 is 16.8 Å². The van der Waals surface area contributed by atoms with E-state index < -0.39 is 0 Å². The van der Waals surface area contributed by atoms with Gasteiger partial charge in [-0.1, -0.05) is 70.7 Å². The number of hydrogen-bond donors (Lipinski definition) is 0. The van der Waals surface area contributed by atoms with Crippen molar-refractivity contribution in [1.29, 1.82) is 0 Å². The van der Waals surface area contributed by atoms with E-state index in [4.69, 9.17) is 9.72 Å². The fourth-order valence-electron chi connectivity index (χ4n) is 4.60. The largest absolute Gasteiger partial charge is 0.495 e. The predicted octanol–water partition coefficient (Wildman–Crippen LogP) is 6.44. The first-order chi connectivity index (χ1) is 17.1. The lowest BCUT2D eigenvalue weighted by molar-refractivity contribution is -0.134. The van der Waals surface area contributed by atoms with Crippen LogP contribution < -0.4 is 10.3 Å². The molecule has 0 aliphatic heterocycles. The van der Waals surface area contributed by atoms with Gasteiger partial charge in [0.05, 0.1) is 29.7 Å². The highest BCUT2D eigenvalue weighted by Crippen LogP contribution is 2.30. The van der Waals surface area contributed by atoms with Gasteiger partial charge >= 0.3 is 0 Å². The van der Waals surface area contributed by atoms with E-state index in [0.717, 1.165) is 38.5 Å². The Morgan fingerprint density at radius 1 is 0.971 bits per heavy atom. The van der Waals surface area contributed by atoms with Crippen molar-refractivity contribution in [2.75, 3.05) is 13.7 Å². The van der Waals surface area contributed by atoms with E-state index in [2.05, 4.69) is 20.8 Å². The van der Waals surface area contributed by atoms with E-state index in [0.29, 0.717) is 47.6 Å². The second-order valence-corrected chi connectivity index (χ2v) is 8.97. The lowest BCUT2D eigenvalue weighted by Gasteiger charge is -2.33. The maximum atomic E-state index is 13.9. The fourth-order valence-corrected chi connectivity index (χ4v) is 4.60. The Morgan fingerprint density at radius 3 is 2.40 bits per heavy atom. The number of para-hydroxylation sites is 3. The Bertz CT molecular complexity index is 1170. The number of carbonyl (C=O) groups is 1. The summed E-state index contributed by atoms with van der Waals surface area (Å²) in [7, 11) is 1.60. The molecule has 188 valence electrons. The van der Waals surface area contributed by atoms with Gasteiger partial charge in [0.15, 0.2) is 0 Å². The van der Waals surface area contributed by atoms with Crippen molar-refractivity contribution in [3.63, 3.8) is 0 Å². The first kappa shape index (κ1) is 26.5. The van der Waals surface area contributed by atoms with Gasteiger partial charge in [0, 0.05) is 13.0 Å². The van der Waals surface area contributed by atoms with Crippen molar-refractivity contribution in [2.24, 2.45) is 0 Å². The second kappa shape index (κ2) is 13.1. The Hall–Kier alpha value is -3.15. The standard InChI is InChI=1S/C29H39N3O3/c1-5-8-10-15-21-31(27(33)20-9-6-2)24(7-3)28-30-23-17-12-11-16-22(23)29(34)32(28)25-18-13-14-19-26(25)35-4/h11-14,16-19,24H,5-10,15,20-21H2,1-4H3. The topological polar surface area (TPSA) is 64.4 Å². The van der Waals surface area contributed by atoms with Crippen molar-refractivity contribution in [1.82, 2.24) is 14.5 Å². The van der Waals surface area contributed by atoms with Crippen LogP contribution in [0.4, 0.5) is 0 Å². The summed E-state index contributed by atoms with van der Waals surface area (Å²) in [5.41, 5.74) is 1.13. The highest BCUT2D eigenvalue weighted by Gasteiger charge is 2.29. The first-order valence-corrected chi connectivity index (χ1v) is 13.0. The van der Waals surface area contributed by atoms with Gasteiger partial charge in [-0.15, -0.1) is 0 Å². The van der Waals surface area contributed by atoms with Gasteiger partial charge < -0.3 is 9.64 Å². The third-order valence-corrected chi connectivity index (χ3v) is 6.51. The normalized spacial score (nSPS) is 12.0. The van der Waals surface area contributed by atoms with E-state index in [-0.39, 0.29) is 17.5 Å². The van der Waals surface area contributed by atoms with E-state index in [1.165, 1.54) is 0 Å². The zero-order valence-corrected chi connectivity index (χ0v) is 21.6. The predicted molar refractivity (Wildman–Crippen MR) is 142 cm³/mol. The molecule has 0 N–H and O–H groups in total. The number of unbranched alkanes of at least 4 members (excludes halogenated alkanes) is 4. The maximum absolute atomic E-state index is 13.9. The molecule has 0 saturated heterocycles. The smallest absolute Gasteiger partial charge is 0.266 e. The number of amides is 1. The molecule has 35 heavy (non-hydrogen) atoms. The molecule has 0 saturated carbocycles. The summed E-state index contributed by atoms with van der Waals surface area (Å²) >= 11 is 0. The number of fused-ring (bicyclic) bond motifs is 1. The lowest BCUT2D eigenvalue weighted by Crippen LogP contribution is -2.39. The summed E-state index contributed by atoms with van der Waals surface area (Å²) < 4.78 is 7.27. The third kappa shape index (κ3) is 6.11. The molecule has 1 aromatic heterocycles. The van der Waals surface area contributed by atoms with Crippen molar-refractivity contribution in [3.05, 3.63) is 64.7 Å². The molecule has 6 nitrogen and oxygen atoms in total. The van der Waals surface area contributed by atoms with Gasteiger partial charge in [0.2, 0.25) is 5.91 Å². The van der Waals surface area contributed by atoms with Gasteiger partial charge in [-0.2, -0.15) is 0 Å². The summed E-state index contributed by atoms with van der Waals surface area (Å²) in [6.07, 6.45) is 7.29. The molecule has 1 amide bonds. The van der Waals surface area contributed by atoms with E-state index in [1.807, 2.05) is 47.4 Å². The molecular formula is C29H39N3O3. The van der Waals surface area contributed by atoms with Crippen LogP contribution >= 0.6 is 0 Å². The van der Waals surface area contributed by atoms with Crippen LogP contribution in [0, 0.1) is 0 Å². The summed E-state index contributed by atoms with van der Waals surface area (Å²) in [5, 5.41) is 0.545. The molecule has 6 heteroatoms. The van der Waals surface area contributed by atoms with Crippen molar-refractivity contribution in [2.45, 2.75) is 78.2 Å². The van der Waals surface area contributed by atoms with Crippen LogP contribution in [-0.4, -0.2) is 34.0 Å². The van der Waals surface area contributed by atoms with E-state index in [1.54, 1.807) is 17.7 Å². The number of nitrogens with zero attached hydrogens (tertiary/aromatic N) is 3. The molecule has 0 bridgehead atoms. The average Bonchev–Trinajstić information content (AvgIpc) is 2.89. The van der Waals surface area contributed by atoms with Crippen LogP contribution in [0.5, 0.6) is 5.75 Å². The Morgan fingerprint density at radius 2 is 1.69 bits per heavy atom. The summed E-state index contributed by atoms with van der Waals surface area (Å²) in [6, 6.07) is 14.6. The van der Waals surface area contributed by atoms with Crippen LogP contribution in [0.3, 0.4) is 0 Å². The highest BCUT2D eigenvalue weighted by atomic mass is 16.5. The summed E-state index contributed by atoms with van der Waals surface area (Å²) in [6.45, 7) is 7.00.